The van der Waals surface area contributed by atoms with Crippen molar-refractivity contribution in [1.82, 2.24) is 30.1 Å². The molecule has 1 aromatic carbocycles. The molecule has 9 heteroatoms. The zero-order chi connectivity index (χ0) is 21.8. The van der Waals surface area contributed by atoms with Crippen molar-refractivity contribution in [2.24, 2.45) is 0 Å². The summed E-state index contributed by atoms with van der Waals surface area (Å²) in [6.45, 7) is 4.27. The average Bonchev–Trinajstić information content (AvgIpc) is 3.44. The molecule has 3 aromatic heterocycles. The molecule has 0 fully saturated rings. The van der Waals surface area contributed by atoms with Gasteiger partial charge in [-0.15, -0.1) is 10.2 Å². The molecule has 0 aliphatic rings. The van der Waals surface area contributed by atoms with Gasteiger partial charge >= 0.3 is 0 Å². The number of nitrogens with one attached hydrogen (secondary N) is 1. The molecule has 0 saturated carbocycles. The minimum absolute atomic E-state index is 0.0535. The third-order valence-electron chi connectivity index (χ3n) is 4.94. The maximum Gasteiger partial charge on any atom is 0.261 e. The Morgan fingerprint density at radius 1 is 1.19 bits per heavy atom. The molecule has 0 bridgehead atoms. The van der Waals surface area contributed by atoms with E-state index >= 15 is 0 Å². The van der Waals surface area contributed by atoms with Gasteiger partial charge in [0.15, 0.2) is 17.3 Å². The van der Waals surface area contributed by atoms with Crippen molar-refractivity contribution < 1.29 is 14.1 Å². The van der Waals surface area contributed by atoms with E-state index in [1.165, 1.54) is 0 Å². The van der Waals surface area contributed by atoms with E-state index in [0.717, 1.165) is 11.3 Å². The lowest BCUT2D eigenvalue weighted by atomic mass is 10.1. The lowest BCUT2D eigenvalue weighted by molar-refractivity contribution is -0.121. The van der Waals surface area contributed by atoms with E-state index in [-0.39, 0.29) is 18.4 Å². The number of methoxy groups -OCH3 is 1. The third kappa shape index (κ3) is 4.55. The highest BCUT2D eigenvalue weighted by molar-refractivity contribution is 5.76. The number of pyridine rings is 1. The normalized spacial score (nSPS) is 11.2. The van der Waals surface area contributed by atoms with Gasteiger partial charge in [0.2, 0.25) is 5.91 Å². The molecule has 0 aliphatic heterocycles. The Morgan fingerprint density at radius 3 is 2.71 bits per heavy atom. The fraction of sp³-hybridized carbons (Fsp3) is 0.318. The lowest BCUT2D eigenvalue weighted by Crippen LogP contribution is -2.24. The quantitative estimate of drug-likeness (QED) is 0.466. The van der Waals surface area contributed by atoms with Gasteiger partial charge < -0.3 is 14.6 Å². The number of hydrogen-bond donors (Lipinski definition) is 1. The molecule has 1 amide bonds. The number of carbonyl (C=O) groups is 1. The summed E-state index contributed by atoms with van der Waals surface area (Å²) in [5.74, 6) is 2.57. The molecule has 4 rings (SSSR count). The van der Waals surface area contributed by atoms with Crippen LogP contribution in [-0.4, -0.2) is 37.8 Å². The number of rotatable bonds is 8. The van der Waals surface area contributed by atoms with E-state index in [9.17, 15) is 4.79 Å². The minimum atomic E-state index is -0.0535. The predicted octanol–water partition coefficient (Wildman–Crippen LogP) is 3.16. The third-order valence-corrected chi connectivity index (χ3v) is 4.94. The molecule has 31 heavy (non-hydrogen) atoms. The number of hydrogen-bond acceptors (Lipinski definition) is 7. The average molecular weight is 420 g/mol. The number of amides is 1. The minimum Gasteiger partial charge on any atom is -0.497 e. The monoisotopic (exact) mass is 420 g/mol. The number of nitrogens with zero attached hydrogens (tertiary/aromatic N) is 5. The Balaban J connectivity index is 1.41. The molecule has 9 nitrogen and oxygen atoms in total. The molecule has 4 aromatic rings. The molecule has 160 valence electrons. The Labute approximate surface area is 179 Å². The van der Waals surface area contributed by atoms with Crippen molar-refractivity contribution in [3.05, 3.63) is 59.8 Å². The van der Waals surface area contributed by atoms with Crippen LogP contribution in [0, 0.1) is 0 Å². The van der Waals surface area contributed by atoms with Crippen LogP contribution in [-0.2, 0) is 17.8 Å². The number of fused-ring (bicyclic) bond motifs is 1. The van der Waals surface area contributed by atoms with Gasteiger partial charge in [-0.05, 0) is 36.2 Å². The second-order valence-electron chi connectivity index (χ2n) is 7.47. The van der Waals surface area contributed by atoms with Gasteiger partial charge in [0.05, 0.1) is 19.2 Å². The summed E-state index contributed by atoms with van der Waals surface area (Å²) in [6.07, 6.45) is 2.88. The first-order valence-corrected chi connectivity index (χ1v) is 10.1. The highest BCUT2D eigenvalue weighted by Gasteiger charge is 2.17. The van der Waals surface area contributed by atoms with Gasteiger partial charge in [-0.25, -0.2) is 0 Å². The second-order valence-corrected chi connectivity index (χ2v) is 7.47. The van der Waals surface area contributed by atoms with E-state index in [4.69, 9.17) is 9.26 Å². The van der Waals surface area contributed by atoms with E-state index in [1.54, 1.807) is 7.11 Å². The Morgan fingerprint density at radius 2 is 2.00 bits per heavy atom. The van der Waals surface area contributed by atoms with E-state index < -0.39 is 0 Å². The first-order chi connectivity index (χ1) is 15.0. The predicted molar refractivity (Wildman–Crippen MR) is 114 cm³/mol. The standard InChI is InChI=1S/C22H24N6O3/c1-14(2)20-24-22(31-27-20)17-5-4-12-28-18(25-26-21(17)28)13-23-19(29)11-8-15-6-9-16(30-3)10-7-15/h4-7,9-10,12,14H,8,11,13H2,1-3H3,(H,23,29). The van der Waals surface area contributed by atoms with E-state index in [1.807, 2.05) is 60.8 Å². The van der Waals surface area contributed by atoms with Crippen LogP contribution in [0.5, 0.6) is 5.75 Å². The zero-order valence-electron chi connectivity index (χ0n) is 17.7. The Hall–Kier alpha value is -3.75. The van der Waals surface area contributed by atoms with Gasteiger partial charge in [0.25, 0.3) is 5.89 Å². The first kappa shape index (κ1) is 20.5. The molecule has 0 radical (unpaired) electrons. The smallest absolute Gasteiger partial charge is 0.261 e. The van der Waals surface area contributed by atoms with Crippen LogP contribution in [0.15, 0.2) is 47.1 Å². The first-order valence-electron chi connectivity index (χ1n) is 10.1. The molecule has 1 N–H and O–H groups in total. The number of carbonyl (C=O) groups excluding carboxylic acids is 1. The number of ether oxygens (including phenoxy) is 1. The summed E-state index contributed by atoms with van der Waals surface area (Å²) in [6, 6.07) is 11.4. The summed E-state index contributed by atoms with van der Waals surface area (Å²) in [5, 5.41) is 15.4. The molecular weight excluding hydrogens is 396 g/mol. The Kier molecular flexibility index (Phi) is 5.92. The summed E-state index contributed by atoms with van der Waals surface area (Å²) in [4.78, 5) is 16.7. The molecule has 0 saturated heterocycles. The zero-order valence-corrected chi connectivity index (χ0v) is 17.7. The summed E-state index contributed by atoms with van der Waals surface area (Å²) < 4.78 is 12.4. The summed E-state index contributed by atoms with van der Waals surface area (Å²) in [7, 11) is 1.63. The Bertz CT molecular complexity index is 1180. The highest BCUT2D eigenvalue weighted by atomic mass is 16.5. The largest absolute Gasteiger partial charge is 0.497 e. The fourth-order valence-electron chi connectivity index (χ4n) is 3.15. The van der Waals surface area contributed by atoms with E-state index in [0.29, 0.717) is 41.6 Å². The molecule has 0 aliphatic carbocycles. The SMILES string of the molecule is COc1ccc(CCC(=O)NCc2nnc3c(-c4nc(C(C)C)no4)cccn23)cc1. The molecule has 0 unspecified atom stereocenters. The van der Waals surface area contributed by atoms with E-state index in [2.05, 4.69) is 25.7 Å². The van der Waals surface area contributed by atoms with Crippen molar-refractivity contribution >= 4 is 11.6 Å². The maximum absolute atomic E-state index is 12.3. The van der Waals surface area contributed by atoms with Gasteiger partial charge in [-0.1, -0.05) is 31.1 Å². The van der Waals surface area contributed by atoms with Crippen LogP contribution < -0.4 is 10.1 Å². The molecule has 0 spiro atoms. The van der Waals surface area contributed by atoms with Crippen LogP contribution in [0.1, 0.15) is 43.4 Å². The van der Waals surface area contributed by atoms with Crippen molar-refractivity contribution in [2.75, 3.05) is 7.11 Å². The van der Waals surface area contributed by atoms with Crippen LogP contribution in [0.25, 0.3) is 17.1 Å². The molecule has 0 atom stereocenters. The van der Waals surface area contributed by atoms with Crippen LogP contribution >= 0.6 is 0 Å². The van der Waals surface area contributed by atoms with Gasteiger partial charge in [-0.2, -0.15) is 4.98 Å². The van der Waals surface area contributed by atoms with Crippen molar-refractivity contribution in [1.29, 1.82) is 0 Å². The van der Waals surface area contributed by atoms with Gasteiger partial charge in [0.1, 0.15) is 5.75 Å². The van der Waals surface area contributed by atoms with Crippen LogP contribution in [0.3, 0.4) is 0 Å². The summed E-state index contributed by atoms with van der Waals surface area (Å²) in [5.41, 5.74) is 2.38. The fourth-order valence-corrected chi connectivity index (χ4v) is 3.15. The van der Waals surface area contributed by atoms with Crippen molar-refractivity contribution in [3.63, 3.8) is 0 Å². The van der Waals surface area contributed by atoms with Gasteiger partial charge in [-0.3, -0.25) is 9.20 Å². The topological polar surface area (TPSA) is 107 Å². The second kappa shape index (κ2) is 8.95. The van der Waals surface area contributed by atoms with Crippen LogP contribution in [0.4, 0.5) is 0 Å². The maximum atomic E-state index is 12.3. The highest BCUT2D eigenvalue weighted by Crippen LogP contribution is 2.24. The molecular formula is C22H24N6O3. The lowest BCUT2D eigenvalue weighted by Gasteiger charge is -2.06. The number of aryl methyl sites for hydroxylation is 1. The summed E-state index contributed by atoms with van der Waals surface area (Å²) >= 11 is 0. The van der Waals surface area contributed by atoms with Gasteiger partial charge in [0, 0.05) is 18.5 Å². The van der Waals surface area contributed by atoms with Crippen molar-refractivity contribution in [2.45, 2.75) is 39.2 Å². The molecule has 3 heterocycles. The number of aromatic nitrogens is 5. The van der Waals surface area contributed by atoms with Crippen molar-refractivity contribution in [3.8, 4) is 17.2 Å². The number of benzene rings is 1. The van der Waals surface area contributed by atoms with Crippen LogP contribution in [0.2, 0.25) is 0 Å².